The summed E-state index contributed by atoms with van der Waals surface area (Å²) in [6, 6.07) is 9.58. The molecule has 21 heavy (non-hydrogen) atoms. The molecule has 0 heterocycles. The average Bonchev–Trinajstić information content (AvgIpc) is 2.41. The third-order valence-corrected chi connectivity index (χ3v) is 3.39. The molecule has 4 nitrogen and oxygen atoms in total. The second-order valence-electron chi connectivity index (χ2n) is 4.79. The molecule has 0 aliphatic rings. The first-order valence-corrected chi connectivity index (χ1v) is 6.67. The van der Waals surface area contributed by atoms with Gasteiger partial charge in [-0.2, -0.15) is 0 Å². The highest BCUT2D eigenvalue weighted by Crippen LogP contribution is 2.20. The number of carbonyl (C=O) groups excluding carboxylic acids is 1. The van der Waals surface area contributed by atoms with Crippen LogP contribution in [-0.4, -0.2) is 17.0 Å². The topological polar surface area (TPSA) is 66.4 Å². The van der Waals surface area contributed by atoms with Crippen LogP contribution in [0.4, 0.5) is 5.69 Å². The summed E-state index contributed by atoms with van der Waals surface area (Å²) in [7, 11) is 0. The quantitative estimate of drug-likeness (QED) is 0.903. The van der Waals surface area contributed by atoms with Gasteiger partial charge in [0.2, 0.25) is 0 Å². The molecule has 1 amide bonds. The van der Waals surface area contributed by atoms with Crippen LogP contribution in [0.2, 0.25) is 5.02 Å². The fourth-order valence-corrected chi connectivity index (χ4v) is 2.11. The highest BCUT2D eigenvalue weighted by Gasteiger charge is 2.10. The SMILES string of the molecule is Cc1ccc(C(=O)Nc2cc(Cl)cc(C(=O)O)c2)cc1C. The fourth-order valence-electron chi connectivity index (χ4n) is 1.87. The predicted molar refractivity (Wildman–Crippen MR) is 82.3 cm³/mol. The molecule has 0 atom stereocenters. The Bertz CT molecular complexity index is 725. The Morgan fingerprint density at radius 2 is 1.71 bits per heavy atom. The Hall–Kier alpha value is -2.33. The number of carboxylic acid groups (broad SMARTS) is 1. The van der Waals surface area contributed by atoms with Crippen molar-refractivity contribution in [3.63, 3.8) is 0 Å². The van der Waals surface area contributed by atoms with E-state index in [4.69, 9.17) is 16.7 Å². The zero-order valence-electron chi connectivity index (χ0n) is 11.6. The van der Waals surface area contributed by atoms with Crippen LogP contribution in [0.5, 0.6) is 0 Å². The first-order chi connectivity index (χ1) is 9.86. The van der Waals surface area contributed by atoms with Crippen molar-refractivity contribution in [3.05, 3.63) is 63.7 Å². The van der Waals surface area contributed by atoms with Crippen LogP contribution in [0.15, 0.2) is 36.4 Å². The first-order valence-electron chi connectivity index (χ1n) is 6.29. The van der Waals surface area contributed by atoms with Gasteiger partial charge in [0.05, 0.1) is 5.56 Å². The number of rotatable bonds is 3. The van der Waals surface area contributed by atoms with Gasteiger partial charge in [-0.05, 0) is 55.3 Å². The summed E-state index contributed by atoms with van der Waals surface area (Å²) in [4.78, 5) is 23.1. The Morgan fingerprint density at radius 3 is 2.33 bits per heavy atom. The molecular weight excluding hydrogens is 290 g/mol. The number of carboxylic acids is 1. The van der Waals surface area contributed by atoms with Crippen molar-refractivity contribution in [2.24, 2.45) is 0 Å². The van der Waals surface area contributed by atoms with E-state index >= 15 is 0 Å². The van der Waals surface area contributed by atoms with E-state index in [9.17, 15) is 9.59 Å². The van der Waals surface area contributed by atoms with Crippen molar-refractivity contribution in [3.8, 4) is 0 Å². The maximum atomic E-state index is 12.2. The van der Waals surface area contributed by atoms with E-state index in [0.29, 0.717) is 11.3 Å². The molecule has 0 spiro atoms. The maximum absolute atomic E-state index is 12.2. The van der Waals surface area contributed by atoms with E-state index in [1.807, 2.05) is 19.9 Å². The first kappa shape index (κ1) is 15.1. The molecule has 0 radical (unpaired) electrons. The Kier molecular flexibility index (Phi) is 4.29. The maximum Gasteiger partial charge on any atom is 0.335 e. The van der Waals surface area contributed by atoms with Gasteiger partial charge in [0, 0.05) is 16.3 Å². The van der Waals surface area contributed by atoms with Gasteiger partial charge in [0.25, 0.3) is 5.91 Å². The Morgan fingerprint density at radius 1 is 1.00 bits per heavy atom. The highest BCUT2D eigenvalue weighted by molar-refractivity contribution is 6.31. The van der Waals surface area contributed by atoms with Gasteiger partial charge in [-0.15, -0.1) is 0 Å². The summed E-state index contributed by atoms with van der Waals surface area (Å²) >= 11 is 5.85. The van der Waals surface area contributed by atoms with Crippen molar-refractivity contribution < 1.29 is 14.7 Å². The van der Waals surface area contributed by atoms with E-state index in [1.165, 1.54) is 18.2 Å². The van der Waals surface area contributed by atoms with Crippen LogP contribution < -0.4 is 5.32 Å². The molecule has 5 heteroatoms. The molecule has 2 N–H and O–H groups in total. The van der Waals surface area contributed by atoms with Crippen molar-refractivity contribution in [1.29, 1.82) is 0 Å². The Balaban J connectivity index is 2.27. The molecule has 0 bridgehead atoms. The molecular formula is C16H14ClNO3. The second kappa shape index (κ2) is 5.97. The van der Waals surface area contributed by atoms with Crippen molar-refractivity contribution in [2.75, 3.05) is 5.32 Å². The Labute approximate surface area is 127 Å². The third kappa shape index (κ3) is 3.61. The highest BCUT2D eigenvalue weighted by atomic mass is 35.5. The van der Waals surface area contributed by atoms with E-state index < -0.39 is 5.97 Å². The molecule has 0 aromatic heterocycles. The molecule has 2 rings (SSSR count). The van der Waals surface area contributed by atoms with Crippen LogP contribution >= 0.6 is 11.6 Å². The summed E-state index contributed by atoms with van der Waals surface area (Å²) in [5.41, 5.74) is 3.00. The van der Waals surface area contributed by atoms with Crippen LogP contribution in [0, 0.1) is 13.8 Å². The molecule has 0 aliphatic heterocycles. The lowest BCUT2D eigenvalue weighted by atomic mass is 10.1. The molecule has 0 saturated heterocycles. The van der Waals surface area contributed by atoms with Gasteiger partial charge < -0.3 is 10.4 Å². The number of nitrogens with one attached hydrogen (secondary N) is 1. The van der Waals surface area contributed by atoms with Crippen LogP contribution in [0.3, 0.4) is 0 Å². The average molecular weight is 304 g/mol. The molecule has 2 aromatic carbocycles. The van der Waals surface area contributed by atoms with Crippen molar-refractivity contribution in [2.45, 2.75) is 13.8 Å². The van der Waals surface area contributed by atoms with Crippen LogP contribution in [0.25, 0.3) is 0 Å². The second-order valence-corrected chi connectivity index (χ2v) is 5.22. The van der Waals surface area contributed by atoms with E-state index in [1.54, 1.807) is 12.1 Å². The summed E-state index contributed by atoms with van der Waals surface area (Å²) in [5.74, 6) is -1.41. The number of halogens is 1. The molecule has 0 saturated carbocycles. The number of aryl methyl sites for hydroxylation is 2. The number of amides is 1. The zero-order valence-corrected chi connectivity index (χ0v) is 12.4. The van der Waals surface area contributed by atoms with Gasteiger partial charge >= 0.3 is 5.97 Å². The fraction of sp³-hybridized carbons (Fsp3) is 0.125. The number of hydrogen-bond acceptors (Lipinski definition) is 2. The van der Waals surface area contributed by atoms with Gasteiger partial charge in [-0.3, -0.25) is 4.79 Å². The molecule has 0 unspecified atom stereocenters. The molecule has 2 aromatic rings. The molecule has 0 aliphatic carbocycles. The smallest absolute Gasteiger partial charge is 0.335 e. The summed E-state index contributed by atoms with van der Waals surface area (Å²) in [5, 5.41) is 11.9. The van der Waals surface area contributed by atoms with Crippen molar-refractivity contribution >= 4 is 29.2 Å². The molecule has 108 valence electrons. The van der Waals surface area contributed by atoms with Crippen molar-refractivity contribution in [1.82, 2.24) is 0 Å². The van der Waals surface area contributed by atoms with Gasteiger partial charge in [-0.25, -0.2) is 4.79 Å². The minimum absolute atomic E-state index is 0.0258. The van der Waals surface area contributed by atoms with Gasteiger partial charge in [0.15, 0.2) is 0 Å². The van der Waals surface area contributed by atoms with Gasteiger partial charge in [-0.1, -0.05) is 17.7 Å². The lowest BCUT2D eigenvalue weighted by molar-refractivity contribution is 0.0696. The third-order valence-electron chi connectivity index (χ3n) is 3.17. The van der Waals surface area contributed by atoms with E-state index in [2.05, 4.69) is 5.32 Å². The summed E-state index contributed by atoms with van der Waals surface area (Å²) < 4.78 is 0. The summed E-state index contributed by atoms with van der Waals surface area (Å²) in [6.07, 6.45) is 0. The summed E-state index contributed by atoms with van der Waals surface area (Å²) in [6.45, 7) is 3.89. The lowest BCUT2D eigenvalue weighted by Crippen LogP contribution is -2.12. The lowest BCUT2D eigenvalue weighted by Gasteiger charge is -2.08. The number of anilines is 1. The monoisotopic (exact) mass is 303 g/mol. The van der Waals surface area contributed by atoms with Gasteiger partial charge in [0.1, 0.15) is 0 Å². The zero-order chi connectivity index (χ0) is 15.6. The number of hydrogen-bond donors (Lipinski definition) is 2. The number of benzene rings is 2. The minimum Gasteiger partial charge on any atom is -0.478 e. The van der Waals surface area contributed by atoms with E-state index in [0.717, 1.165) is 11.1 Å². The molecule has 0 fully saturated rings. The van der Waals surface area contributed by atoms with Crippen LogP contribution in [-0.2, 0) is 0 Å². The predicted octanol–water partition coefficient (Wildman–Crippen LogP) is 3.91. The van der Waals surface area contributed by atoms with Crippen LogP contribution in [0.1, 0.15) is 31.8 Å². The van der Waals surface area contributed by atoms with E-state index in [-0.39, 0.29) is 16.5 Å². The number of aromatic carboxylic acids is 1. The normalized spacial score (nSPS) is 10.2. The number of carbonyl (C=O) groups is 2. The largest absolute Gasteiger partial charge is 0.478 e. The minimum atomic E-state index is -1.10. The standard InChI is InChI=1S/C16H14ClNO3/c1-9-3-4-11(5-10(9)2)15(19)18-14-7-12(16(20)21)6-13(17)8-14/h3-8H,1-2H3,(H,18,19)(H,20,21).